The van der Waals surface area contributed by atoms with Crippen LogP contribution in [0.4, 0.5) is 5.69 Å². The van der Waals surface area contributed by atoms with Gasteiger partial charge in [-0.15, -0.1) is 0 Å². The van der Waals surface area contributed by atoms with Crippen molar-refractivity contribution in [1.29, 1.82) is 0 Å². The Balaban J connectivity index is 1.85. The van der Waals surface area contributed by atoms with Gasteiger partial charge in [0.05, 0.1) is 29.6 Å². The number of nitrogens with zero attached hydrogens (tertiary/aromatic N) is 1. The number of nitrogens with one attached hydrogen (secondary N) is 1. The number of hydrogen-bond acceptors (Lipinski definition) is 3. The summed E-state index contributed by atoms with van der Waals surface area (Å²) in [4.78, 5) is 18.2. The Labute approximate surface area is 191 Å². The van der Waals surface area contributed by atoms with Crippen LogP contribution in [0.15, 0.2) is 75.7 Å². The number of ether oxygens (including phenoxy) is 1. The Morgan fingerprint density at radius 1 is 1.00 bits per heavy atom. The van der Waals surface area contributed by atoms with Crippen LogP contribution in [-0.4, -0.2) is 18.0 Å². The molecule has 1 amide bonds. The second-order valence-electron chi connectivity index (χ2n) is 6.78. The number of hydrogen-bond donors (Lipinski definition) is 1. The van der Waals surface area contributed by atoms with Gasteiger partial charge in [0.15, 0.2) is 0 Å². The molecule has 0 aliphatic carbocycles. The van der Waals surface area contributed by atoms with Crippen LogP contribution in [0.2, 0.25) is 0 Å². The summed E-state index contributed by atoms with van der Waals surface area (Å²) in [7, 11) is 1.64. The second-order valence-corrected chi connectivity index (χ2v) is 8.55. The standard InChI is InChI=1S/C24H18Br2N2O2/c1-14-22(24(29)28-21-12-9-16(25)13-19(21)26)18-5-3-4-6-20(18)27-23(14)15-7-10-17(30-2)11-8-15/h3-13H,1-2H3,(H,28,29). The average molecular weight is 526 g/mol. The lowest BCUT2D eigenvalue weighted by Crippen LogP contribution is -2.15. The van der Waals surface area contributed by atoms with Crippen LogP contribution in [0.25, 0.3) is 22.2 Å². The van der Waals surface area contributed by atoms with Crippen LogP contribution in [0.1, 0.15) is 15.9 Å². The van der Waals surface area contributed by atoms with E-state index in [1.54, 1.807) is 7.11 Å². The molecule has 0 fully saturated rings. The van der Waals surface area contributed by atoms with Crippen molar-refractivity contribution in [1.82, 2.24) is 4.98 Å². The highest BCUT2D eigenvalue weighted by molar-refractivity contribution is 9.11. The molecule has 1 heterocycles. The summed E-state index contributed by atoms with van der Waals surface area (Å²) < 4.78 is 6.99. The van der Waals surface area contributed by atoms with E-state index in [2.05, 4.69) is 37.2 Å². The van der Waals surface area contributed by atoms with Crippen LogP contribution in [0.5, 0.6) is 5.75 Å². The van der Waals surface area contributed by atoms with E-state index in [0.29, 0.717) is 11.3 Å². The third-order valence-corrected chi connectivity index (χ3v) is 6.06. The first-order valence-corrected chi connectivity index (χ1v) is 10.9. The highest BCUT2D eigenvalue weighted by atomic mass is 79.9. The van der Waals surface area contributed by atoms with E-state index in [9.17, 15) is 4.79 Å². The molecule has 0 saturated heterocycles. The zero-order chi connectivity index (χ0) is 21.3. The zero-order valence-electron chi connectivity index (χ0n) is 16.4. The lowest BCUT2D eigenvalue weighted by atomic mass is 9.97. The Hall–Kier alpha value is -2.70. The van der Waals surface area contributed by atoms with Gasteiger partial charge in [0.2, 0.25) is 0 Å². The SMILES string of the molecule is COc1ccc(-c2nc3ccccc3c(C(=O)Nc3ccc(Br)cc3Br)c2C)cc1. The topological polar surface area (TPSA) is 51.2 Å². The molecule has 30 heavy (non-hydrogen) atoms. The molecule has 4 rings (SSSR count). The number of pyridine rings is 1. The van der Waals surface area contributed by atoms with Gasteiger partial charge in [-0.2, -0.15) is 0 Å². The molecule has 3 aromatic carbocycles. The maximum atomic E-state index is 13.4. The third kappa shape index (κ3) is 3.98. The van der Waals surface area contributed by atoms with Gasteiger partial charge in [-0.25, -0.2) is 4.98 Å². The molecule has 0 aliphatic rings. The van der Waals surface area contributed by atoms with Crippen molar-refractivity contribution in [2.24, 2.45) is 0 Å². The van der Waals surface area contributed by atoms with Crippen LogP contribution in [0, 0.1) is 6.92 Å². The molecular formula is C24H18Br2N2O2. The number of amides is 1. The summed E-state index contributed by atoms with van der Waals surface area (Å²) in [6, 6.07) is 21.0. The maximum absolute atomic E-state index is 13.4. The summed E-state index contributed by atoms with van der Waals surface area (Å²) in [5.74, 6) is 0.596. The van der Waals surface area contributed by atoms with Crippen LogP contribution in [0.3, 0.4) is 0 Å². The molecule has 0 bridgehead atoms. The van der Waals surface area contributed by atoms with E-state index < -0.39 is 0 Å². The average Bonchev–Trinajstić information content (AvgIpc) is 2.75. The number of rotatable bonds is 4. The molecular weight excluding hydrogens is 508 g/mol. The Morgan fingerprint density at radius 2 is 1.73 bits per heavy atom. The molecule has 150 valence electrons. The van der Waals surface area contributed by atoms with Crippen molar-refractivity contribution in [2.75, 3.05) is 12.4 Å². The third-order valence-electron chi connectivity index (χ3n) is 4.91. The number of benzene rings is 3. The highest BCUT2D eigenvalue weighted by Crippen LogP contribution is 2.32. The van der Waals surface area contributed by atoms with E-state index in [0.717, 1.165) is 42.4 Å². The van der Waals surface area contributed by atoms with Crippen molar-refractivity contribution in [3.05, 3.63) is 86.8 Å². The number of carbonyl (C=O) groups excluding carboxylic acids is 1. The molecule has 4 aromatic rings. The van der Waals surface area contributed by atoms with E-state index in [-0.39, 0.29) is 5.91 Å². The number of aromatic nitrogens is 1. The molecule has 1 N–H and O–H groups in total. The Bertz CT molecular complexity index is 1250. The fourth-order valence-corrected chi connectivity index (χ4v) is 4.55. The molecule has 0 saturated carbocycles. The van der Waals surface area contributed by atoms with E-state index in [1.165, 1.54) is 0 Å². The van der Waals surface area contributed by atoms with Crippen LogP contribution >= 0.6 is 31.9 Å². The Morgan fingerprint density at radius 3 is 2.43 bits per heavy atom. The fraction of sp³-hybridized carbons (Fsp3) is 0.0833. The fourth-order valence-electron chi connectivity index (χ4n) is 3.41. The number of halogens is 2. The van der Waals surface area contributed by atoms with E-state index in [4.69, 9.17) is 9.72 Å². The van der Waals surface area contributed by atoms with Crippen LogP contribution < -0.4 is 10.1 Å². The van der Waals surface area contributed by atoms with Gasteiger partial charge in [0.1, 0.15) is 5.75 Å². The van der Waals surface area contributed by atoms with Gasteiger partial charge in [0.25, 0.3) is 5.91 Å². The largest absolute Gasteiger partial charge is 0.497 e. The van der Waals surface area contributed by atoms with Crippen LogP contribution in [-0.2, 0) is 0 Å². The molecule has 0 atom stereocenters. The second kappa shape index (κ2) is 8.58. The molecule has 0 unspecified atom stereocenters. The molecule has 1 aromatic heterocycles. The highest BCUT2D eigenvalue weighted by Gasteiger charge is 2.19. The summed E-state index contributed by atoms with van der Waals surface area (Å²) in [5, 5.41) is 3.85. The smallest absolute Gasteiger partial charge is 0.256 e. The number of methoxy groups -OCH3 is 1. The Kier molecular flexibility index (Phi) is 5.88. The van der Waals surface area contributed by atoms with Crippen molar-refractivity contribution < 1.29 is 9.53 Å². The first kappa shape index (κ1) is 20.6. The quantitative estimate of drug-likeness (QED) is 0.312. The summed E-state index contributed by atoms with van der Waals surface area (Å²) in [6.45, 7) is 1.94. The summed E-state index contributed by atoms with van der Waals surface area (Å²) in [6.07, 6.45) is 0. The number of para-hydroxylation sites is 1. The number of anilines is 1. The minimum Gasteiger partial charge on any atom is -0.497 e. The molecule has 0 radical (unpaired) electrons. The zero-order valence-corrected chi connectivity index (χ0v) is 19.5. The summed E-state index contributed by atoms with van der Waals surface area (Å²) in [5.41, 5.74) is 4.61. The minimum atomic E-state index is -0.177. The maximum Gasteiger partial charge on any atom is 0.256 e. The van der Waals surface area contributed by atoms with Gasteiger partial charge in [-0.1, -0.05) is 34.1 Å². The number of fused-ring (bicyclic) bond motifs is 1. The molecule has 6 heteroatoms. The van der Waals surface area contributed by atoms with Gasteiger partial charge in [0, 0.05) is 19.9 Å². The van der Waals surface area contributed by atoms with Crippen molar-refractivity contribution in [3.8, 4) is 17.0 Å². The minimum absolute atomic E-state index is 0.177. The van der Waals surface area contributed by atoms with Gasteiger partial charge in [-0.3, -0.25) is 4.79 Å². The van der Waals surface area contributed by atoms with E-state index in [1.807, 2.05) is 73.7 Å². The first-order chi connectivity index (χ1) is 14.5. The lowest BCUT2D eigenvalue weighted by Gasteiger charge is -2.15. The number of carbonyl (C=O) groups is 1. The normalized spacial score (nSPS) is 10.8. The van der Waals surface area contributed by atoms with Crippen molar-refractivity contribution in [3.63, 3.8) is 0 Å². The monoisotopic (exact) mass is 524 g/mol. The van der Waals surface area contributed by atoms with Crippen molar-refractivity contribution in [2.45, 2.75) is 6.92 Å². The van der Waals surface area contributed by atoms with E-state index >= 15 is 0 Å². The first-order valence-electron chi connectivity index (χ1n) is 9.28. The van der Waals surface area contributed by atoms with Gasteiger partial charge < -0.3 is 10.1 Å². The molecule has 4 nitrogen and oxygen atoms in total. The van der Waals surface area contributed by atoms with Crippen molar-refractivity contribution >= 4 is 54.4 Å². The van der Waals surface area contributed by atoms with Gasteiger partial charge >= 0.3 is 0 Å². The molecule has 0 spiro atoms. The predicted octanol–water partition coefficient (Wildman–Crippen LogP) is 7.00. The molecule has 0 aliphatic heterocycles. The predicted molar refractivity (Wildman–Crippen MR) is 128 cm³/mol. The lowest BCUT2D eigenvalue weighted by molar-refractivity contribution is 0.102. The summed E-state index contributed by atoms with van der Waals surface area (Å²) >= 11 is 6.95. The van der Waals surface area contributed by atoms with Gasteiger partial charge in [-0.05, 0) is 76.9 Å².